The molecular weight excluding hydrogens is 376 g/mol. The van der Waals surface area contributed by atoms with E-state index in [1.165, 1.54) is 11.3 Å². The maximum atomic E-state index is 12.1. The lowest BCUT2D eigenvalue weighted by molar-refractivity contribution is 0.262. The molecule has 2 amide bonds. The molecule has 4 rings (SSSR count). The molecule has 0 aliphatic heterocycles. The smallest absolute Gasteiger partial charge is 0.408 e. The van der Waals surface area contributed by atoms with Crippen molar-refractivity contribution < 1.29 is 9.21 Å². The molecule has 0 atom stereocenters. The van der Waals surface area contributed by atoms with Crippen LogP contribution in [0.2, 0.25) is 5.02 Å². The highest BCUT2D eigenvalue weighted by molar-refractivity contribution is 7.14. The molecule has 0 bridgehead atoms. The minimum absolute atomic E-state index is 0.414. The fourth-order valence-electron chi connectivity index (χ4n) is 2.40. The third-order valence-electron chi connectivity index (χ3n) is 3.52. The third kappa shape index (κ3) is 3.46. The number of hydrogen-bond acceptors (Lipinski definition) is 5. The van der Waals surface area contributed by atoms with Crippen LogP contribution >= 0.6 is 22.9 Å². The number of urea groups is 1. The summed E-state index contributed by atoms with van der Waals surface area (Å²) in [5, 5.41) is 8.16. The van der Waals surface area contributed by atoms with E-state index in [0.29, 0.717) is 32.6 Å². The first-order chi connectivity index (χ1) is 12.6. The van der Waals surface area contributed by atoms with E-state index in [1.807, 2.05) is 5.38 Å². The van der Waals surface area contributed by atoms with E-state index in [0.717, 1.165) is 5.56 Å². The number of H-pyrrole nitrogens is 1. The molecule has 0 unspecified atom stereocenters. The van der Waals surface area contributed by atoms with Crippen LogP contribution in [0.1, 0.15) is 0 Å². The largest absolute Gasteiger partial charge is 0.417 e. The Morgan fingerprint density at radius 1 is 1.19 bits per heavy atom. The zero-order chi connectivity index (χ0) is 18.1. The number of fused-ring (bicyclic) bond motifs is 1. The van der Waals surface area contributed by atoms with Crippen molar-refractivity contribution in [2.75, 3.05) is 10.6 Å². The molecule has 9 heteroatoms. The van der Waals surface area contributed by atoms with Crippen LogP contribution in [-0.4, -0.2) is 16.0 Å². The number of benzene rings is 2. The molecule has 0 radical (unpaired) electrons. The van der Waals surface area contributed by atoms with Crippen LogP contribution < -0.4 is 16.4 Å². The van der Waals surface area contributed by atoms with Gasteiger partial charge in [0.15, 0.2) is 10.7 Å². The summed E-state index contributed by atoms with van der Waals surface area (Å²) < 4.78 is 4.98. The number of amides is 2. The van der Waals surface area contributed by atoms with Gasteiger partial charge in [-0.15, -0.1) is 11.3 Å². The fourth-order valence-corrected chi connectivity index (χ4v) is 3.31. The number of anilines is 2. The molecule has 0 fully saturated rings. The van der Waals surface area contributed by atoms with Gasteiger partial charge < -0.3 is 9.73 Å². The van der Waals surface area contributed by atoms with Gasteiger partial charge in [-0.25, -0.2) is 14.6 Å². The number of halogens is 1. The van der Waals surface area contributed by atoms with Crippen molar-refractivity contribution in [3.8, 4) is 11.3 Å². The SMILES string of the molecule is O=C(Nc1cccc(Cl)c1)Nc1nc(-c2ccc3oc(=O)[nH]c3c2)cs1. The van der Waals surface area contributed by atoms with E-state index in [-0.39, 0.29) is 0 Å². The van der Waals surface area contributed by atoms with Gasteiger partial charge >= 0.3 is 11.8 Å². The molecule has 0 saturated heterocycles. The number of carbonyl (C=O) groups excluding carboxylic acids is 1. The Bertz CT molecular complexity index is 1160. The number of carbonyl (C=O) groups is 1. The first-order valence-corrected chi connectivity index (χ1v) is 8.75. The van der Waals surface area contributed by atoms with Crippen LogP contribution in [0.5, 0.6) is 0 Å². The second kappa shape index (κ2) is 6.66. The van der Waals surface area contributed by atoms with Gasteiger partial charge in [-0.3, -0.25) is 10.3 Å². The van der Waals surface area contributed by atoms with Gasteiger partial charge in [0.1, 0.15) is 0 Å². The number of nitrogens with zero attached hydrogens (tertiary/aromatic N) is 1. The van der Waals surface area contributed by atoms with Crippen molar-refractivity contribution in [1.82, 2.24) is 9.97 Å². The first-order valence-electron chi connectivity index (χ1n) is 7.49. The summed E-state index contributed by atoms with van der Waals surface area (Å²) in [6.07, 6.45) is 0. The van der Waals surface area contributed by atoms with E-state index in [1.54, 1.807) is 42.5 Å². The summed E-state index contributed by atoms with van der Waals surface area (Å²) >= 11 is 7.18. The number of aromatic amines is 1. The number of rotatable bonds is 3. The van der Waals surface area contributed by atoms with E-state index in [4.69, 9.17) is 16.0 Å². The fraction of sp³-hybridized carbons (Fsp3) is 0. The van der Waals surface area contributed by atoms with Gasteiger partial charge in [0.25, 0.3) is 0 Å². The van der Waals surface area contributed by atoms with Gasteiger partial charge in [0.2, 0.25) is 0 Å². The molecule has 2 heterocycles. The molecule has 0 spiro atoms. The van der Waals surface area contributed by atoms with Crippen molar-refractivity contribution in [3.63, 3.8) is 0 Å². The lowest BCUT2D eigenvalue weighted by Crippen LogP contribution is -2.19. The van der Waals surface area contributed by atoms with Gasteiger partial charge in [-0.05, 0) is 36.4 Å². The Balaban J connectivity index is 1.49. The van der Waals surface area contributed by atoms with E-state index >= 15 is 0 Å². The Morgan fingerprint density at radius 2 is 2.08 bits per heavy atom. The Hall–Kier alpha value is -3.10. The zero-order valence-electron chi connectivity index (χ0n) is 13.1. The maximum Gasteiger partial charge on any atom is 0.417 e. The minimum atomic E-state index is -0.504. The second-order valence-electron chi connectivity index (χ2n) is 5.35. The molecule has 0 aliphatic carbocycles. The highest BCUT2D eigenvalue weighted by Crippen LogP contribution is 2.27. The monoisotopic (exact) mass is 386 g/mol. The summed E-state index contributed by atoms with van der Waals surface area (Å²) in [4.78, 5) is 30.3. The topological polar surface area (TPSA) is 100 Å². The van der Waals surface area contributed by atoms with Crippen LogP contribution in [-0.2, 0) is 0 Å². The number of nitrogens with one attached hydrogen (secondary N) is 3. The number of oxazole rings is 1. The summed E-state index contributed by atoms with van der Waals surface area (Å²) in [6, 6.07) is 11.7. The van der Waals surface area contributed by atoms with Crippen molar-refractivity contribution in [3.05, 3.63) is 63.4 Å². The van der Waals surface area contributed by atoms with E-state index in [2.05, 4.69) is 20.6 Å². The molecule has 0 aliphatic rings. The van der Waals surface area contributed by atoms with Crippen molar-refractivity contribution in [2.45, 2.75) is 0 Å². The Labute approximate surface area is 155 Å². The maximum absolute atomic E-state index is 12.1. The van der Waals surface area contributed by atoms with Crippen LogP contribution in [0.25, 0.3) is 22.4 Å². The van der Waals surface area contributed by atoms with Crippen LogP contribution in [0.15, 0.2) is 57.1 Å². The molecule has 0 saturated carbocycles. The van der Waals surface area contributed by atoms with Crippen molar-refractivity contribution in [1.29, 1.82) is 0 Å². The van der Waals surface area contributed by atoms with Crippen LogP contribution in [0.3, 0.4) is 0 Å². The lowest BCUT2D eigenvalue weighted by Gasteiger charge is -2.05. The van der Waals surface area contributed by atoms with E-state index < -0.39 is 11.8 Å². The van der Waals surface area contributed by atoms with Gasteiger partial charge in [-0.1, -0.05) is 17.7 Å². The normalized spacial score (nSPS) is 10.8. The highest BCUT2D eigenvalue weighted by Gasteiger charge is 2.10. The van der Waals surface area contributed by atoms with Gasteiger partial charge in [-0.2, -0.15) is 0 Å². The summed E-state index contributed by atoms with van der Waals surface area (Å²) in [5.41, 5.74) is 3.13. The molecule has 130 valence electrons. The second-order valence-corrected chi connectivity index (χ2v) is 6.65. The van der Waals surface area contributed by atoms with Crippen molar-refractivity contribution >= 4 is 50.9 Å². The quantitative estimate of drug-likeness (QED) is 0.481. The Kier molecular flexibility index (Phi) is 4.19. The van der Waals surface area contributed by atoms with Gasteiger partial charge in [0.05, 0.1) is 11.2 Å². The summed E-state index contributed by atoms with van der Waals surface area (Å²) in [7, 11) is 0. The first kappa shape index (κ1) is 16.4. The molecule has 7 nitrogen and oxygen atoms in total. The molecule has 26 heavy (non-hydrogen) atoms. The predicted octanol–water partition coefficient (Wildman–Crippen LogP) is 4.54. The molecular formula is C17H11ClN4O3S. The summed E-state index contributed by atoms with van der Waals surface area (Å²) in [5.74, 6) is -0.504. The predicted molar refractivity (Wildman–Crippen MR) is 102 cm³/mol. The zero-order valence-corrected chi connectivity index (χ0v) is 14.6. The van der Waals surface area contributed by atoms with E-state index in [9.17, 15) is 9.59 Å². The molecule has 2 aromatic carbocycles. The summed E-state index contributed by atoms with van der Waals surface area (Å²) in [6.45, 7) is 0. The number of thiazole rings is 1. The van der Waals surface area contributed by atoms with Crippen LogP contribution in [0.4, 0.5) is 15.6 Å². The molecule has 2 aromatic heterocycles. The number of hydrogen-bond donors (Lipinski definition) is 3. The van der Waals surface area contributed by atoms with Crippen LogP contribution in [0, 0.1) is 0 Å². The van der Waals surface area contributed by atoms with Gasteiger partial charge in [0, 0.05) is 21.7 Å². The average molecular weight is 387 g/mol. The standard InChI is InChI=1S/C17H11ClN4O3S/c18-10-2-1-3-11(7-10)19-15(23)22-16-20-13(8-26-16)9-4-5-14-12(6-9)21-17(24)25-14/h1-8H,(H,21,24)(H2,19,20,22,23). The minimum Gasteiger partial charge on any atom is -0.408 e. The average Bonchev–Trinajstić information content (AvgIpc) is 3.19. The Morgan fingerprint density at radius 3 is 2.92 bits per heavy atom. The molecule has 4 aromatic rings. The lowest BCUT2D eigenvalue weighted by atomic mass is 10.1. The number of aromatic nitrogens is 2. The van der Waals surface area contributed by atoms with Crippen molar-refractivity contribution in [2.24, 2.45) is 0 Å². The third-order valence-corrected chi connectivity index (χ3v) is 4.51. The highest BCUT2D eigenvalue weighted by atomic mass is 35.5. The molecule has 3 N–H and O–H groups in total.